The minimum atomic E-state index is -0.376. The summed E-state index contributed by atoms with van der Waals surface area (Å²) in [6.07, 6.45) is 2.12. The lowest BCUT2D eigenvalue weighted by molar-refractivity contribution is -0.124. The van der Waals surface area contributed by atoms with Gasteiger partial charge in [0, 0.05) is 29.4 Å². The van der Waals surface area contributed by atoms with E-state index in [0.29, 0.717) is 53.2 Å². The van der Waals surface area contributed by atoms with E-state index in [1.807, 2.05) is 0 Å². The first-order chi connectivity index (χ1) is 14.0. The van der Waals surface area contributed by atoms with Crippen LogP contribution >= 0.6 is 23.2 Å². The SMILES string of the molecule is O=C(CCCOc1ccc(Cl)cc1Cl)Nc1ccc(NC(=O)C2CCCO2)cc1. The van der Waals surface area contributed by atoms with Crippen molar-refractivity contribution in [3.8, 4) is 5.75 Å². The largest absolute Gasteiger partial charge is 0.492 e. The molecule has 6 nitrogen and oxygen atoms in total. The Kier molecular flexibility index (Phi) is 7.75. The first kappa shape index (κ1) is 21.4. The molecule has 0 radical (unpaired) electrons. The van der Waals surface area contributed by atoms with Gasteiger partial charge in [-0.05, 0) is 61.7 Å². The van der Waals surface area contributed by atoms with Crippen molar-refractivity contribution in [1.29, 1.82) is 0 Å². The maximum absolute atomic E-state index is 12.1. The van der Waals surface area contributed by atoms with Gasteiger partial charge in [0.25, 0.3) is 5.91 Å². The van der Waals surface area contributed by atoms with Crippen molar-refractivity contribution >= 4 is 46.4 Å². The summed E-state index contributed by atoms with van der Waals surface area (Å²) in [7, 11) is 0. The Balaban J connectivity index is 1.38. The van der Waals surface area contributed by atoms with Crippen LogP contribution in [0, 0.1) is 0 Å². The summed E-state index contributed by atoms with van der Waals surface area (Å²) in [5.74, 6) is 0.282. The summed E-state index contributed by atoms with van der Waals surface area (Å²) in [6.45, 7) is 0.990. The number of rotatable bonds is 8. The zero-order valence-corrected chi connectivity index (χ0v) is 17.3. The number of hydrogen-bond donors (Lipinski definition) is 2. The average molecular weight is 437 g/mol. The summed E-state index contributed by atoms with van der Waals surface area (Å²) in [4.78, 5) is 24.1. The molecule has 0 spiro atoms. The van der Waals surface area contributed by atoms with Crippen LogP contribution in [0.15, 0.2) is 42.5 Å². The van der Waals surface area contributed by atoms with E-state index in [1.54, 1.807) is 42.5 Å². The van der Waals surface area contributed by atoms with E-state index in [1.165, 1.54) is 0 Å². The smallest absolute Gasteiger partial charge is 0.253 e. The lowest BCUT2D eigenvalue weighted by Crippen LogP contribution is -2.26. The van der Waals surface area contributed by atoms with Crippen molar-refractivity contribution in [3.63, 3.8) is 0 Å². The monoisotopic (exact) mass is 436 g/mol. The summed E-state index contributed by atoms with van der Waals surface area (Å²) >= 11 is 11.9. The molecule has 2 N–H and O–H groups in total. The number of hydrogen-bond acceptors (Lipinski definition) is 4. The minimum Gasteiger partial charge on any atom is -0.492 e. The number of nitrogens with one attached hydrogen (secondary N) is 2. The number of amides is 2. The van der Waals surface area contributed by atoms with Crippen LogP contribution in [-0.4, -0.2) is 31.1 Å². The fourth-order valence-corrected chi connectivity index (χ4v) is 3.34. The highest BCUT2D eigenvalue weighted by molar-refractivity contribution is 6.35. The molecule has 29 heavy (non-hydrogen) atoms. The van der Waals surface area contributed by atoms with Gasteiger partial charge in [-0.1, -0.05) is 23.2 Å². The van der Waals surface area contributed by atoms with Gasteiger partial charge in [-0.25, -0.2) is 0 Å². The molecule has 2 aromatic carbocycles. The molecule has 8 heteroatoms. The quantitative estimate of drug-likeness (QED) is 0.576. The Morgan fingerprint density at radius 1 is 1.07 bits per heavy atom. The van der Waals surface area contributed by atoms with E-state index < -0.39 is 0 Å². The van der Waals surface area contributed by atoms with Crippen LogP contribution in [0.2, 0.25) is 10.0 Å². The Bertz CT molecular complexity index is 852. The minimum absolute atomic E-state index is 0.119. The van der Waals surface area contributed by atoms with Crippen molar-refractivity contribution in [3.05, 3.63) is 52.5 Å². The number of halogens is 2. The van der Waals surface area contributed by atoms with Crippen molar-refractivity contribution < 1.29 is 19.1 Å². The molecule has 1 saturated heterocycles. The molecule has 2 amide bonds. The fraction of sp³-hybridized carbons (Fsp3) is 0.333. The number of anilines is 2. The zero-order chi connectivity index (χ0) is 20.6. The van der Waals surface area contributed by atoms with Gasteiger partial charge < -0.3 is 20.1 Å². The van der Waals surface area contributed by atoms with E-state index in [9.17, 15) is 9.59 Å². The van der Waals surface area contributed by atoms with Gasteiger partial charge in [0.1, 0.15) is 11.9 Å². The molecule has 1 heterocycles. The Hall–Kier alpha value is -2.28. The highest BCUT2D eigenvalue weighted by Crippen LogP contribution is 2.27. The van der Waals surface area contributed by atoms with Gasteiger partial charge in [-0.2, -0.15) is 0 Å². The molecule has 3 rings (SSSR count). The van der Waals surface area contributed by atoms with Gasteiger partial charge >= 0.3 is 0 Å². The molecule has 154 valence electrons. The lowest BCUT2D eigenvalue weighted by atomic mass is 10.2. The van der Waals surface area contributed by atoms with Gasteiger partial charge in [0.2, 0.25) is 5.91 Å². The zero-order valence-electron chi connectivity index (χ0n) is 15.8. The fourth-order valence-electron chi connectivity index (χ4n) is 2.87. The number of carbonyl (C=O) groups is 2. The molecular formula is C21H22Cl2N2O4. The van der Waals surface area contributed by atoms with E-state index in [0.717, 1.165) is 12.8 Å². The van der Waals surface area contributed by atoms with Gasteiger partial charge in [-0.15, -0.1) is 0 Å². The van der Waals surface area contributed by atoms with Gasteiger partial charge in [0.05, 0.1) is 11.6 Å². The second kappa shape index (κ2) is 10.5. The normalized spacial score (nSPS) is 15.7. The van der Waals surface area contributed by atoms with Crippen LogP contribution in [-0.2, 0) is 14.3 Å². The highest BCUT2D eigenvalue weighted by atomic mass is 35.5. The Labute approximate surface area is 179 Å². The van der Waals surface area contributed by atoms with E-state index in [2.05, 4.69) is 10.6 Å². The third kappa shape index (κ3) is 6.63. The van der Waals surface area contributed by atoms with Crippen molar-refractivity contribution in [2.75, 3.05) is 23.8 Å². The molecule has 0 saturated carbocycles. The van der Waals surface area contributed by atoms with Gasteiger partial charge in [0.15, 0.2) is 0 Å². The number of benzene rings is 2. The van der Waals surface area contributed by atoms with Crippen LogP contribution in [0.1, 0.15) is 25.7 Å². The molecule has 1 fully saturated rings. The predicted octanol–water partition coefficient (Wildman–Crippen LogP) is 4.91. The van der Waals surface area contributed by atoms with Gasteiger partial charge in [-0.3, -0.25) is 9.59 Å². The number of carbonyl (C=O) groups excluding carboxylic acids is 2. The highest BCUT2D eigenvalue weighted by Gasteiger charge is 2.23. The van der Waals surface area contributed by atoms with Crippen molar-refractivity contribution in [2.45, 2.75) is 31.8 Å². The summed E-state index contributed by atoms with van der Waals surface area (Å²) in [6, 6.07) is 12.0. The third-order valence-electron chi connectivity index (χ3n) is 4.36. The summed E-state index contributed by atoms with van der Waals surface area (Å²) < 4.78 is 10.9. The van der Waals surface area contributed by atoms with Crippen LogP contribution in [0.4, 0.5) is 11.4 Å². The van der Waals surface area contributed by atoms with Crippen LogP contribution < -0.4 is 15.4 Å². The predicted molar refractivity (Wildman–Crippen MR) is 114 cm³/mol. The first-order valence-corrected chi connectivity index (χ1v) is 10.2. The summed E-state index contributed by atoms with van der Waals surface area (Å²) in [5, 5.41) is 6.62. The molecule has 2 aromatic rings. The maximum Gasteiger partial charge on any atom is 0.253 e. The molecule has 0 aromatic heterocycles. The van der Waals surface area contributed by atoms with E-state index in [-0.39, 0.29) is 17.9 Å². The molecule has 1 aliphatic heterocycles. The third-order valence-corrected chi connectivity index (χ3v) is 4.89. The Morgan fingerprint density at radius 2 is 1.79 bits per heavy atom. The van der Waals surface area contributed by atoms with E-state index >= 15 is 0 Å². The van der Waals surface area contributed by atoms with Crippen LogP contribution in [0.25, 0.3) is 0 Å². The molecule has 1 unspecified atom stereocenters. The second-order valence-electron chi connectivity index (χ2n) is 6.64. The topological polar surface area (TPSA) is 76.7 Å². The average Bonchev–Trinajstić information content (AvgIpc) is 3.23. The molecular weight excluding hydrogens is 415 g/mol. The Morgan fingerprint density at radius 3 is 2.45 bits per heavy atom. The molecule has 1 aliphatic rings. The lowest BCUT2D eigenvalue weighted by Gasteiger charge is -2.11. The molecule has 0 bridgehead atoms. The molecule has 0 aliphatic carbocycles. The summed E-state index contributed by atoms with van der Waals surface area (Å²) in [5.41, 5.74) is 1.32. The number of ether oxygens (including phenoxy) is 2. The van der Waals surface area contributed by atoms with Crippen LogP contribution in [0.3, 0.4) is 0 Å². The van der Waals surface area contributed by atoms with E-state index in [4.69, 9.17) is 32.7 Å². The van der Waals surface area contributed by atoms with Crippen LogP contribution in [0.5, 0.6) is 5.75 Å². The maximum atomic E-state index is 12.1. The second-order valence-corrected chi connectivity index (χ2v) is 7.49. The van der Waals surface area contributed by atoms with Crippen molar-refractivity contribution in [2.24, 2.45) is 0 Å². The van der Waals surface area contributed by atoms with Crippen molar-refractivity contribution in [1.82, 2.24) is 0 Å². The standard InChI is InChI=1S/C21H22Cl2N2O4/c22-14-5-10-18(17(23)13-14)28-12-2-4-20(26)24-15-6-8-16(9-7-15)25-21(27)19-3-1-11-29-19/h5-10,13,19H,1-4,11-12H2,(H,24,26)(H,25,27). The molecule has 1 atom stereocenters. The first-order valence-electron chi connectivity index (χ1n) is 9.41.